The van der Waals surface area contributed by atoms with Crippen molar-refractivity contribution in [3.63, 3.8) is 0 Å². The zero-order valence-corrected chi connectivity index (χ0v) is 11.0. The van der Waals surface area contributed by atoms with Crippen LogP contribution in [0, 0.1) is 5.92 Å². The molecular weight excluding hydrogens is 198 g/mol. The Hall–Kier alpha value is -0.370. The minimum Gasteiger partial charge on any atom is -0.303 e. The zero-order chi connectivity index (χ0) is 11.8. The predicted octanol–water partition coefficient (Wildman–Crippen LogP) is 3.26. The molecule has 0 aromatic heterocycles. The van der Waals surface area contributed by atoms with Gasteiger partial charge in [-0.1, -0.05) is 20.3 Å². The van der Waals surface area contributed by atoms with Gasteiger partial charge < -0.3 is 4.90 Å². The number of carbonyl (C=O) groups is 1. The summed E-state index contributed by atoms with van der Waals surface area (Å²) in [5, 5.41) is 0. The summed E-state index contributed by atoms with van der Waals surface area (Å²) >= 11 is 0. The summed E-state index contributed by atoms with van der Waals surface area (Å²) in [6.07, 6.45) is 7.99. The summed E-state index contributed by atoms with van der Waals surface area (Å²) < 4.78 is 0. The first-order valence-electron chi connectivity index (χ1n) is 6.92. The van der Waals surface area contributed by atoms with Crippen molar-refractivity contribution in [3.05, 3.63) is 0 Å². The largest absolute Gasteiger partial charge is 0.303 e. The Labute approximate surface area is 100 Å². The molecular formula is C14H27NO. The predicted molar refractivity (Wildman–Crippen MR) is 68.6 cm³/mol. The minimum absolute atomic E-state index is 0.452. The van der Waals surface area contributed by atoms with Crippen molar-refractivity contribution in [1.29, 1.82) is 0 Å². The van der Waals surface area contributed by atoms with Gasteiger partial charge in [-0.15, -0.1) is 0 Å². The van der Waals surface area contributed by atoms with Crippen LogP contribution in [0.1, 0.15) is 58.8 Å². The highest BCUT2D eigenvalue weighted by Crippen LogP contribution is 2.11. The Morgan fingerprint density at radius 2 is 1.81 bits per heavy atom. The first-order chi connectivity index (χ1) is 7.68. The van der Waals surface area contributed by atoms with Crippen LogP contribution in [0.5, 0.6) is 0 Å². The van der Waals surface area contributed by atoms with E-state index in [2.05, 4.69) is 18.7 Å². The van der Waals surface area contributed by atoms with Gasteiger partial charge in [0.05, 0.1) is 0 Å². The molecule has 0 amide bonds. The number of unbranched alkanes of at least 4 members (excludes halogenated alkanes) is 1. The summed E-state index contributed by atoms with van der Waals surface area (Å²) in [5.74, 6) is 0.975. The highest BCUT2D eigenvalue weighted by Gasteiger charge is 2.09. The zero-order valence-electron chi connectivity index (χ0n) is 11.0. The Morgan fingerprint density at radius 3 is 2.44 bits per heavy atom. The van der Waals surface area contributed by atoms with Crippen molar-refractivity contribution in [2.45, 2.75) is 58.8 Å². The topological polar surface area (TPSA) is 20.3 Å². The molecule has 0 N–H and O–H groups in total. The highest BCUT2D eigenvalue weighted by molar-refractivity contribution is 5.78. The Kier molecular flexibility index (Phi) is 6.70. The molecule has 1 fully saturated rings. The number of carbonyl (C=O) groups excluding carboxylic acids is 1. The average molecular weight is 225 g/mol. The lowest BCUT2D eigenvalue weighted by molar-refractivity contribution is -0.119. The van der Waals surface area contributed by atoms with Crippen LogP contribution in [0.4, 0.5) is 0 Å². The summed E-state index contributed by atoms with van der Waals surface area (Å²) in [7, 11) is 0. The standard InChI is InChI=1S/C14H27NO/c1-13(2)12-14(16)8-4-7-11-15-9-5-3-6-10-15/h13H,3-12H2,1-2H3. The van der Waals surface area contributed by atoms with E-state index in [4.69, 9.17) is 0 Å². The van der Waals surface area contributed by atoms with Crippen LogP contribution in [-0.2, 0) is 4.79 Å². The third-order valence-corrected chi connectivity index (χ3v) is 3.26. The number of hydrogen-bond acceptors (Lipinski definition) is 2. The fourth-order valence-electron chi connectivity index (χ4n) is 2.40. The van der Waals surface area contributed by atoms with E-state index in [0.29, 0.717) is 11.7 Å². The molecule has 0 aromatic rings. The summed E-state index contributed by atoms with van der Waals surface area (Å²) in [5.41, 5.74) is 0. The van der Waals surface area contributed by atoms with E-state index in [9.17, 15) is 4.79 Å². The van der Waals surface area contributed by atoms with Crippen LogP contribution < -0.4 is 0 Å². The van der Waals surface area contributed by atoms with Crippen LogP contribution >= 0.6 is 0 Å². The molecule has 1 rings (SSSR count). The van der Waals surface area contributed by atoms with Crippen molar-refractivity contribution >= 4 is 5.78 Å². The van der Waals surface area contributed by atoms with Crippen molar-refractivity contribution in [1.82, 2.24) is 4.90 Å². The SMILES string of the molecule is CC(C)CC(=O)CCCCN1CCCCC1. The highest BCUT2D eigenvalue weighted by atomic mass is 16.1. The Balaban J connectivity index is 1.96. The lowest BCUT2D eigenvalue weighted by atomic mass is 10.0. The van der Waals surface area contributed by atoms with Gasteiger partial charge in [-0.3, -0.25) is 4.79 Å². The maximum atomic E-state index is 11.5. The molecule has 1 aliphatic rings. The van der Waals surface area contributed by atoms with Gasteiger partial charge in [-0.05, 0) is 51.2 Å². The molecule has 0 bridgehead atoms. The molecule has 1 heterocycles. The number of Topliss-reactive ketones (excluding diaryl/α,β-unsaturated/α-hetero) is 1. The average Bonchev–Trinajstić information content (AvgIpc) is 2.25. The van der Waals surface area contributed by atoms with E-state index in [1.54, 1.807) is 0 Å². The summed E-state index contributed by atoms with van der Waals surface area (Å²) in [6, 6.07) is 0. The smallest absolute Gasteiger partial charge is 0.133 e. The number of piperidine rings is 1. The first kappa shape index (κ1) is 13.7. The van der Waals surface area contributed by atoms with Gasteiger partial charge in [0.1, 0.15) is 5.78 Å². The molecule has 0 unspecified atom stereocenters. The van der Waals surface area contributed by atoms with Gasteiger partial charge in [0.25, 0.3) is 0 Å². The van der Waals surface area contributed by atoms with E-state index in [1.165, 1.54) is 45.3 Å². The van der Waals surface area contributed by atoms with Crippen LogP contribution in [0.2, 0.25) is 0 Å². The van der Waals surface area contributed by atoms with E-state index < -0.39 is 0 Å². The molecule has 0 radical (unpaired) electrons. The van der Waals surface area contributed by atoms with Gasteiger partial charge in [0, 0.05) is 12.8 Å². The van der Waals surface area contributed by atoms with Crippen molar-refractivity contribution in [2.24, 2.45) is 5.92 Å². The maximum absolute atomic E-state index is 11.5. The Bertz CT molecular complexity index is 195. The Morgan fingerprint density at radius 1 is 1.12 bits per heavy atom. The van der Waals surface area contributed by atoms with E-state index >= 15 is 0 Å². The van der Waals surface area contributed by atoms with E-state index in [0.717, 1.165) is 19.3 Å². The first-order valence-corrected chi connectivity index (χ1v) is 6.92. The molecule has 0 aliphatic carbocycles. The van der Waals surface area contributed by atoms with Gasteiger partial charge in [-0.2, -0.15) is 0 Å². The molecule has 94 valence electrons. The second-order valence-electron chi connectivity index (χ2n) is 5.50. The van der Waals surface area contributed by atoms with Crippen molar-refractivity contribution < 1.29 is 4.79 Å². The summed E-state index contributed by atoms with van der Waals surface area (Å²) in [6.45, 7) is 7.99. The molecule has 0 aromatic carbocycles. The van der Waals surface area contributed by atoms with Gasteiger partial charge >= 0.3 is 0 Å². The third kappa shape index (κ3) is 6.26. The van der Waals surface area contributed by atoms with Crippen molar-refractivity contribution in [2.75, 3.05) is 19.6 Å². The van der Waals surface area contributed by atoms with E-state index in [1.807, 2.05) is 0 Å². The molecule has 0 spiro atoms. The fourth-order valence-corrected chi connectivity index (χ4v) is 2.40. The van der Waals surface area contributed by atoms with Gasteiger partial charge in [-0.25, -0.2) is 0 Å². The van der Waals surface area contributed by atoms with Gasteiger partial charge in [0.2, 0.25) is 0 Å². The summed E-state index contributed by atoms with van der Waals surface area (Å²) in [4.78, 5) is 14.0. The molecule has 1 saturated heterocycles. The lowest BCUT2D eigenvalue weighted by Gasteiger charge is -2.26. The maximum Gasteiger partial charge on any atom is 0.133 e. The molecule has 16 heavy (non-hydrogen) atoms. The lowest BCUT2D eigenvalue weighted by Crippen LogP contribution is -2.30. The van der Waals surface area contributed by atoms with Crippen LogP contribution in [0.3, 0.4) is 0 Å². The number of nitrogens with zero attached hydrogens (tertiary/aromatic N) is 1. The minimum atomic E-state index is 0.452. The monoisotopic (exact) mass is 225 g/mol. The van der Waals surface area contributed by atoms with Crippen LogP contribution in [-0.4, -0.2) is 30.3 Å². The molecule has 2 heteroatoms. The second-order valence-corrected chi connectivity index (χ2v) is 5.50. The number of likely N-dealkylation sites (tertiary alicyclic amines) is 1. The third-order valence-electron chi connectivity index (χ3n) is 3.26. The quantitative estimate of drug-likeness (QED) is 0.620. The normalized spacial score (nSPS) is 17.9. The number of ketones is 1. The number of rotatable bonds is 7. The molecule has 1 aliphatic heterocycles. The molecule has 0 saturated carbocycles. The van der Waals surface area contributed by atoms with Crippen LogP contribution in [0.25, 0.3) is 0 Å². The van der Waals surface area contributed by atoms with Crippen molar-refractivity contribution in [3.8, 4) is 0 Å². The molecule has 0 atom stereocenters. The fraction of sp³-hybridized carbons (Fsp3) is 0.929. The van der Waals surface area contributed by atoms with Crippen LogP contribution in [0.15, 0.2) is 0 Å². The number of hydrogen-bond donors (Lipinski definition) is 0. The van der Waals surface area contributed by atoms with Gasteiger partial charge in [0.15, 0.2) is 0 Å². The second kappa shape index (κ2) is 7.83. The van der Waals surface area contributed by atoms with E-state index in [-0.39, 0.29) is 0 Å². The molecule has 2 nitrogen and oxygen atoms in total.